The zero-order chi connectivity index (χ0) is 18.7. The number of methoxy groups -OCH3 is 1. The lowest BCUT2D eigenvalue weighted by Gasteiger charge is -2.28. The summed E-state index contributed by atoms with van der Waals surface area (Å²) >= 11 is 0. The highest BCUT2D eigenvalue weighted by molar-refractivity contribution is 6.07. The fourth-order valence-corrected chi connectivity index (χ4v) is 2.84. The molecule has 2 aromatic rings. The molecule has 1 unspecified atom stereocenters. The molecule has 134 valence electrons. The normalized spacial score (nSPS) is 16.6. The molecular weight excluding hydrogens is 337 g/mol. The zero-order valence-corrected chi connectivity index (χ0v) is 14.3. The third-order valence-corrected chi connectivity index (χ3v) is 4.07. The molecule has 0 saturated carbocycles. The molecule has 3 N–H and O–H groups in total. The number of urea groups is 1. The smallest absolute Gasteiger partial charge is 0.319 e. The molecule has 0 bridgehead atoms. The van der Waals surface area contributed by atoms with E-state index in [1.54, 1.807) is 31.2 Å². The van der Waals surface area contributed by atoms with Gasteiger partial charge in [0.1, 0.15) is 11.6 Å². The Morgan fingerprint density at radius 1 is 1.15 bits per heavy atom. The Hall–Kier alpha value is -3.35. The van der Waals surface area contributed by atoms with Crippen LogP contribution in [0.4, 0.5) is 14.9 Å². The number of para-hydroxylation sites is 2. The van der Waals surface area contributed by atoms with Crippen LogP contribution in [0.3, 0.4) is 0 Å². The third-order valence-electron chi connectivity index (χ3n) is 4.07. The minimum Gasteiger partial charge on any atom is -0.495 e. The molecule has 1 aliphatic heterocycles. The molecule has 1 atom stereocenters. The van der Waals surface area contributed by atoms with E-state index in [4.69, 9.17) is 4.74 Å². The fraction of sp³-hybridized carbons (Fsp3) is 0.158. The number of ether oxygens (including phenoxy) is 1. The van der Waals surface area contributed by atoms with Gasteiger partial charge in [0.25, 0.3) is 5.91 Å². The second-order valence-corrected chi connectivity index (χ2v) is 5.78. The Kier molecular flexibility index (Phi) is 4.88. The summed E-state index contributed by atoms with van der Waals surface area (Å²) in [5.74, 6) is -0.270. The SMILES string of the molecule is COc1ccccc1NC(=O)C1=C(C)NC(=O)NC1c1ccc(F)cc1. The van der Waals surface area contributed by atoms with Gasteiger partial charge in [0.05, 0.1) is 24.4 Å². The van der Waals surface area contributed by atoms with E-state index in [2.05, 4.69) is 16.0 Å². The Bertz CT molecular complexity index is 878. The molecule has 6 nitrogen and oxygen atoms in total. The summed E-state index contributed by atoms with van der Waals surface area (Å²) in [6.45, 7) is 1.65. The van der Waals surface area contributed by atoms with Gasteiger partial charge >= 0.3 is 6.03 Å². The van der Waals surface area contributed by atoms with Gasteiger partial charge in [0.2, 0.25) is 0 Å². The number of nitrogens with one attached hydrogen (secondary N) is 3. The second-order valence-electron chi connectivity index (χ2n) is 5.78. The third kappa shape index (κ3) is 3.51. The van der Waals surface area contributed by atoms with Crippen molar-refractivity contribution in [2.24, 2.45) is 0 Å². The van der Waals surface area contributed by atoms with E-state index >= 15 is 0 Å². The lowest BCUT2D eigenvalue weighted by atomic mass is 9.95. The van der Waals surface area contributed by atoms with E-state index in [0.717, 1.165) is 0 Å². The van der Waals surface area contributed by atoms with Crippen LogP contribution in [0.1, 0.15) is 18.5 Å². The van der Waals surface area contributed by atoms with Crippen LogP contribution in [0.15, 0.2) is 59.8 Å². The van der Waals surface area contributed by atoms with Crippen molar-refractivity contribution in [3.8, 4) is 5.75 Å². The first-order valence-corrected chi connectivity index (χ1v) is 7.97. The molecule has 3 amide bonds. The number of allylic oxidation sites excluding steroid dienone is 1. The standard InChI is InChI=1S/C19H18FN3O3/c1-11-16(18(24)22-14-5-3-4-6-15(14)26-2)17(23-19(25)21-11)12-7-9-13(20)10-8-12/h3-10,17H,1-2H3,(H,22,24)(H2,21,23,25). The quantitative estimate of drug-likeness (QED) is 0.788. The van der Waals surface area contributed by atoms with Crippen LogP contribution in [0, 0.1) is 5.82 Å². The van der Waals surface area contributed by atoms with Gasteiger partial charge in [-0.25, -0.2) is 9.18 Å². The van der Waals surface area contributed by atoms with E-state index in [-0.39, 0.29) is 0 Å². The van der Waals surface area contributed by atoms with Crippen molar-refractivity contribution in [2.45, 2.75) is 13.0 Å². The van der Waals surface area contributed by atoms with Gasteiger partial charge in [-0.1, -0.05) is 24.3 Å². The van der Waals surface area contributed by atoms with Gasteiger partial charge in [-0.15, -0.1) is 0 Å². The number of carbonyl (C=O) groups is 2. The predicted octanol–water partition coefficient (Wildman–Crippen LogP) is 3.10. The zero-order valence-electron chi connectivity index (χ0n) is 14.3. The van der Waals surface area contributed by atoms with Crippen LogP contribution in [-0.4, -0.2) is 19.0 Å². The average Bonchev–Trinajstić information content (AvgIpc) is 2.62. The van der Waals surface area contributed by atoms with Crippen molar-refractivity contribution in [3.63, 3.8) is 0 Å². The molecule has 0 fully saturated rings. The topological polar surface area (TPSA) is 79.5 Å². The van der Waals surface area contributed by atoms with Crippen LogP contribution in [-0.2, 0) is 4.79 Å². The van der Waals surface area contributed by atoms with Crippen LogP contribution < -0.4 is 20.7 Å². The maximum absolute atomic E-state index is 13.2. The molecule has 0 spiro atoms. The molecule has 0 radical (unpaired) electrons. The first-order valence-electron chi connectivity index (χ1n) is 7.97. The first-order chi connectivity index (χ1) is 12.5. The summed E-state index contributed by atoms with van der Waals surface area (Å²) in [5.41, 5.74) is 1.87. The number of rotatable bonds is 4. The number of carbonyl (C=O) groups excluding carboxylic acids is 2. The van der Waals surface area contributed by atoms with E-state index in [0.29, 0.717) is 28.3 Å². The number of hydrogen-bond acceptors (Lipinski definition) is 3. The van der Waals surface area contributed by atoms with Gasteiger partial charge in [0, 0.05) is 5.70 Å². The van der Waals surface area contributed by atoms with Crippen molar-refractivity contribution in [2.75, 3.05) is 12.4 Å². The number of hydrogen-bond donors (Lipinski definition) is 3. The van der Waals surface area contributed by atoms with Crippen LogP contribution >= 0.6 is 0 Å². The molecule has 2 aromatic carbocycles. The Labute approximate surface area is 150 Å². The van der Waals surface area contributed by atoms with Crippen LogP contribution in [0.2, 0.25) is 0 Å². The molecular formula is C19H18FN3O3. The minimum absolute atomic E-state index is 0.335. The van der Waals surface area contributed by atoms with Gasteiger partial charge in [0.15, 0.2) is 0 Å². The number of benzene rings is 2. The van der Waals surface area contributed by atoms with E-state index in [9.17, 15) is 14.0 Å². The van der Waals surface area contributed by atoms with Gasteiger partial charge < -0.3 is 20.7 Å². The molecule has 0 saturated heterocycles. The maximum Gasteiger partial charge on any atom is 0.319 e. The van der Waals surface area contributed by atoms with Crippen molar-refractivity contribution >= 4 is 17.6 Å². The Morgan fingerprint density at radius 2 is 1.85 bits per heavy atom. The van der Waals surface area contributed by atoms with Crippen molar-refractivity contribution < 1.29 is 18.7 Å². The van der Waals surface area contributed by atoms with E-state index < -0.39 is 23.8 Å². The first kappa shape index (κ1) is 17.5. The summed E-state index contributed by atoms with van der Waals surface area (Å²) in [6.07, 6.45) is 0. The predicted molar refractivity (Wildman–Crippen MR) is 95.1 cm³/mol. The lowest BCUT2D eigenvalue weighted by Crippen LogP contribution is -2.46. The monoisotopic (exact) mass is 355 g/mol. The van der Waals surface area contributed by atoms with Crippen molar-refractivity contribution in [1.82, 2.24) is 10.6 Å². The van der Waals surface area contributed by atoms with Crippen molar-refractivity contribution in [3.05, 3.63) is 71.2 Å². The summed E-state index contributed by atoms with van der Waals surface area (Å²) in [4.78, 5) is 24.8. The fourth-order valence-electron chi connectivity index (χ4n) is 2.84. The van der Waals surface area contributed by atoms with E-state index in [1.165, 1.54) is 31.4 Å². The Balaban J connectivity index is 1.95. The largest absolute Gasteiger partial charge is 0.495 e. The molecule has 26 heavy (non-hydrogen) atoms. The summed E-state index contributed by atoms with van der Waals surface area (Å²) in [6, 6.07) is 11.5. The molecule has 1 aliphatic rings. The van der Waals surface area contributed by atoms with Crippen molar-refractivity contribution in [1.29, 1.82) is 0 Å². The Morgan fingerprint density at radius 3 is 2.54 bits per heavy atom. The highest BCUT2D eigenvalue weighted by Gasteiger charge is 2.31. The lowest BCUT2D eigenvalue weighted by molar-refractivity contribution is -0.113. The van der Waals surface area contributed by atoms with Gasteiger partial charge in [-0.2, -0.15) is 0 Å². The van der Waals surface area contributed by atoms with Gasteiger partial charge in [-0.05, 0) is 36.8 Å². The van der Waals surface area contributed by atoms with Crippen LogP contribution in [0.5, 0.6) is 5.75 Å². The molecule has 0 aromatic heterocycles. The number of amides is 3. The summed E-state index contributed by atoms with van der Waals surface area (Å²) < 4.78 is 18.5. The second kappa shape index (κ2) is 7.26. The average molecular weight is 355 g/mol. The maximum atomic E-state index is 13.2. The molecule has 1 heterocycles. The highest BCUT2D eigenvalue weighted by atomic mass is 19.1. The molecule has 7 heteroatoms. The van der Waals surface area contributed by atoms with E-state index in [1.807, 2.05) is 0 Å². The summed E-state index contributed by atoms with van der Waals surface area (Å²) in [5, 5.41) is 8.10. The number of anilines is 1. The van der Waals surface area contributed by atoms with Gasteiger partial charge in [-0.3, -0.25) is 4.79 Å². The minimum atomic E-state index is -0.695. The van der Waals surface area contributed by atoms with Crippen LogP contribution in [0.25, 0.3) is 0 Å². The molecule has 0 aliphatic carbocycles. The number of halogens is 1. The summed E-state index contributed by atoms with van der Waals surface area (Å²) in [7, 11) is 1.51. The highest BCUT2D eigenvalue weighted by Crippen LogP contribution is 2.30. The molecule has 3 rings (SSSR count).